The predicted molar refractivity (Wildman–Crippen MR) is 67.3 cm³/mol. The summed E-state index contributed by atoms with van der Waals surface area (Å²) in [5.41, 5.74) is 0.807. The number of hydrogen-bond acceptors (Lipinski definition) is 5. The second kappa shape index (κ2) is 5.42. The van der Waals surface area contributed by atoms with E-state index in [0.717, 1.165) is 16.1 Å². The maximum absolute atomic E-state index is 11.5. The average molecular weight is 258 g/mol. The summed E-state index contributed by atoms with van der Waals surface area (Å²) in [5.74, 6) is 0.364. The van der Waals surface area contributed by atoms with E-state index in [2.05, 4.69) is 15.5 Å². The number of nitrogens with zero attached hydrogens (tertiary/aromatic N) is 3. The first-order chi connectivity index (χ1) is 7.82. The van der Waals surface area contributed by atoms with Crippen molar-refractivity contribution >= 4 is 15.8 Å². The molecule has 0 unspecified atom stereocenters. The molecule has 0 aliphatic heterocycles. The van der Waals surface area contributed by atoms with E-state index in [1.807, 2.05) is 13.8 Å². The Morgan fingerprint density at radius 1 is 1.47 bits per heavy atom. The minimum absolute atomic E-state index is 0.319. The van der Waals surface area contributed by atoms with E-state index < -0.39 is 10.0 Å². The Hall–Kier alpha value is -1.21. The zero-order valence-corrected chi connectivity index (χ0v) is 11.3. The van der Waals surface area contributed by atoms with E-state index in [1.54, 1.807) is 12.3 Å². The van der Waals surface area contributed by atoms with Crippen LogP contribution in [0.25, 0.3) is 0 Å². The van der Waals surface area contributed by atoms with Crippen LogP contribution in [0.2, 0.25) is 0 Å². The third-order valence-electron chi connectivity index (χ3n) is 2.28. The van der Waals surface area contributed by atoms with Gasteiger partial charge in [-0.25, -0.2) is 8.42 Å². The summed E-state index contributed by atoms with van der Waals surface area (Å²) < 4.78 is 24.1. The van der Waals surface area contributed by atoms with E-state index in [-0.39, 0.29) is 0 Å². The maximum Gasteiger partial charge on any atom is 0.233 e. The normalized spacial score (nSPS) is 11.8. The van der Waals surface area contributed by atoms with Gasteiger partial charge in [-0.2, -0.15) is 5.10 Å². The van der Waals surface area contributed by atoms with Gasteiger partial charge < -0.3 is 5.32 Å². The lowest BCUT2D eigenvalue weighted by molar-refractivity contribution is 0.585. The van der Waals surface area contributed by atoms with Crippen molar-refractivity contribution in [1.82, 2.24) is 15.5 Å². The van der Waals surface area contributed by atoms with E-state index in [4.69, 9.17) is 0 Å². The third-order valence-corrected chi connectivity index (χ3v) is 3.45. The van der Waals surface area contributed by atoms with Crippen LogP contribution in [0.15, 0.2) is 12.3 Å². The maximum atomic E-state index is 11.5. The molecule has 0 saturated carbocycles. The molecule has 0 spiro atoms. The van der Waals surface area contributed by atoms with Gasteiger partial charge in [-0.05, 0) is 6.07 Å². The van der Waals surface area contributed by atoms with Crippen LogP contribution in [0.3, 0.4) is 0 Å². The quantitative estimate of drug-likeness (QED) is 0.826. The lowest BCUT2D eigenvalue weighted by Crippen LogP contribution is -2.29. The number of rotatable bonds is 5. The van der Waals surface area contributed by atoms with E-state index in [9.17, 15) is 8.42 Å². The monoisotopic (exact) mass is 258 g/mol. The van der Waals surface area contributed by atoms with E-state index in [1.165, 1.54) is 7.05 Å². The first kappa shape index (κ1) is 13.9. The summed E-state index contributed by atoms with van der Waals surface area (Å²) in [4.78, 5) is 0. The Kier molecular flexibility index (Phi) is 4.41. The molecule has 6 nitrogen and oxygen atoms in total. The molecule has 1 aromatic heterocycles. The van der Waals surface area contributed by atoms with Gasteiger partial charge in [0.2, 0.25) is 10.0 Å². The predicted octanol–water partition coefficient (Wildman–Crippen LogP) is 0.370. The fraction of sp³-hybridized carbons (Fsp3) is 0.600. The molecule has 0 saturated heterocycles. The topological polar surface area (TPSA) is 75.2 Å². The third kappa shape index (κ3) is 3.94. The zero-order valence-electron chi connectivity index (χ0n) is 10.5. The number of anilines is 1. The minimum atomic E-state index is -3.31. The molecule has 1 aromatic rings. The van der Waals surface area contributed by atoms with Crippen molar-refractivity contribution in [2.45, 2.75) is 26.4 Å². The summed E-state index contributed by atoms with van der Waals surface area (Å²) in [6.07, 6.45) is 2.69. The molecule has 7 heteroatoms. The summed E-state index contributed by atoms with van der Waals surface area (Å²) in [7, 11) is -1.84. The molecule has 1 heterocycles. The Balaban J connectivity index is 3.00. The second-order valence-electron chi connectivity index (χ2n) is 4.15. The van der Waals surface area contributed by atoms with Gasteiger partial charge in [-0.1, -0.05) is 13.8 Å². The van der Waals surface area contributed by atoms with Crippen molar-refractivity contribution in [1.29, 1.82) is 0 Å². The van der Waals surface area contributed by atoms with Crippen LogP contribution < -0.4 is 9.62 Å². The van der Waals surface area contributed by atoms with Gasteiger partial charge in [0.1, 0.15) is 0 Å². The number of sulfonamides is 1. The number of aromatic nitrogens is 2. The first-order valence-corrected chi connectivity index (χ1v) is 7.15. The molecule has 0 atom stereocenters. The van der Waals surface area contributed by atoms with Gasteiger partial charge in [-0.3, -0.25) is 4.31 Å². The fourth-order valence-corrected chi connectivity index (χ4v) is 1.69. The summed E-state index contributed by atoms with van der Waals surface area (Å²) in [6, 6.07) is 2.08. The van der Waals surface area contributed by atoms with Gasteiger partial charge in [0.25, 0.3) is 0 Å². The van der Waals surface area contributed by atoms with Crippen molar-refractivity contribution in [2.24, 2.45) is 0 Å². The van der Waals surface area contributed by atoms with Crippen molar-refractivity contribution in [3.63, 3.8) is 0 Å². The largest absolute Gasteiger partial charge is 0.310 e. The molecular formula is C10H18N4O2S. The summed E-state index contributed by atoms with van der Waals surface area (Å²) in [5, 5.41) is 10.8. The lowest BCUT2D eigenvalue weighted by atomic mass is 10.2. The Bertz CT molecular complexity index is 473. The van der Waals surface area contributed by atoms with Crippen molar-refractivity contribution < 1.29 is 8.42 Å². The zero-order chi connectivity index (χ0) is 13.1. The van der Waals surface area contributed by atoms with Gasteiger partial charge in [0.05, 0.1) is 12.5 Å². The smallest absolute Gasteiger partial charge is 0.233 e. The molecule has 96 valence electrons. The molecule has 1 rings (SSSR count). The van der Waals surface area contributed by atoms with Gasteiger partial charge in [-0.15, -0.1) is 5.10 Å². The highest BCUT2D eigenvalue weighted by molar-refractivity contribution is 7.92. The molecule has 0 bridgehead atoms. The standard InChI is InChI=1S/C10H18N4O2S/c1-8(2)11-7-9-5-6-12-13-10(9)14(3)17(4,15)16/h5-6,8,11H,7H2,1-4H3. The molecule has 0 aliphatic carbocycles. The van der Waals surface area contributed by atoms with Crippen LogP contribution in [-0.4, -0.2) is 38.0 Å². The summed E-state index contributed by atoms with van der Waals surface area (Å²) in [6.45, 7) is 4.60. The van der Waals surface area contributed by atoms with Gasteiger partial charge >= 0.3 is 0 Å². The Morgan fingerprint density at radius 2 is 2.12 bits per heavy atom. The van der Waals surface area contributed by atoms with Crippen LogP contribution in [0.1, 0.15) is 19.4 Å². The summed E-state index contributed by atoms with van der Waals surface area (Å²) >= 11 is 0. The molecule has 0 aliphatic rings. The number of hydrogen-bond donors (Lipinski definition) is 1. The number of nitrogens with one attached hydrogen (secondary N) is 1. The molecule has 0 fully saturated rings. The molecule has 0 radical (unpaired) electrons. The van der Waals surface area contributed by atoms with Gasteiger partial charge in [0.15, 0.2) is 5.82 Å². The van der Waals surface area contributed by atoms with Crippen LogP contribution in [-0.2, 0) is 16.6 Å². The second-order valence-corrected chi connectivity index (χ2v) is 6.16. The molecule has 0 amide bonds. The minimum Gasteiger partial charge on any atom is -0.310 e. The molecule has 1 N–H and O–H groups in total. The lowest BCUT2D eigenvalue weighted by Gasteiger charge is -2.18. The van der Waals surface area contributed by atoms with Crippen LogP contribution >= 0.6 is 0 Å². The van der Waals surface area contributed by atoms with Gasteiger partial charge in [0, 0.05) is 25.2 Å². The molecule has 0 aromatic carbocycles. The average Bonchev–Trinajstić information content (AvgIpc) is 2.24. The highest BCUT2D eigenvalue weighted by atomic mass is 32.2. The molecule has 17 heavy (non-hydrogen) atoms. The Morgan fingerprint density at radius 3 is 2.65 bits per heavy atom. The highest BCUT2D eigenvalue weighted by Crippen LogP contribution is 2.16. The van der Waals surface area contributed by atoms with Crippen LogP contribution in [0.5, 0.6) is 0 Å². The first-order valence-electron chi connectivity index (χ1n) is 5.30. The fourth-order valence-electron chi connectivity index (χ4n) is 1.22. The molecular weight excluding hydrogens is 240 g/mol. The van der Waals surface area contributed by atoms with E-state index in [0.29, 0.717) is 18.4 Å². The van der Waals surface area contributed by atoms with Crippen molar-refractivity contribution in [3.8, 4) is 0 Å². The van der Waals surface area contributed by atoms with E-state index >= 15 is 0 Å². The SMILES string of the molecule is CC(C)NCc1ccnnc1N(C)S(C)(=O)=O. The van der Waals surface area contributed by atoms with Crippen LogP contribution in [0, 0.1) is 0 Å². The van der Waals surface area contributed by atoms with Crippen molar-refractivity contribution in [2.75, 3.05) is 17.6 Å². The Labute approximate surface area is 102 Å². The highest BCUT2D eigenvalue weighted by Gasteiger charge is 2.17. The van der Waals surface area contributed by atoms with Crippen LogP contribution in [0.4, 0.5) is 5.82 Å². The van der Waals surface area contributed by atoms with Crippen molar-refractivity contribution in [3.05, 3.63) is 17.8 Å².